The van der Waals surface area contributed by atoms with Gasteiger partial charge < -0.3 is 21.0 Å². The molecule has 0 fully saturated rings. The Morgan fingerprint density at radius 3 is 2.54 bits per heavy atom. The molecule has 26 heavy (non-hydrogen) atoms. The van der Waals surface area contributed by atoms with Crippen LogP contribution in [0.4, 0.5) is 0 Å². The predicted octanol–water partition coefficient (Wildman–Crippen LogP) is 1.32. The van der Waals surface area contributed by atoms with Crippen LogP contribution in [0.15, 0.2) is 46.3 Å². The molecule has 0 aliphatic heterocycles. The van der Waals surface area contributed by atoms with Gasteiger partial charge in [-0.15, -0.1) is 0 Å². The minimum absolute atomic E-state index is 0.0244. The predicted molar refractivity (Wildman–Crippen MR) is 97.2 cm³/mol. The van der Waals surface area contributed by atoms with E-state index in [0.29, 0.717) is 17.7 Å². The molecule has 0 spiro atoms. The molecule has 1 heterocycles. The molecule has 10 heteroatoms. The second kappa shape index (κ2) is 8.99. The van der Waals surface area contributed by atoms with Gasteiger partial charge in [0.1, 0.15) is 5.75 Å². The average molecular weight is 424 g/mol. The summed E-state index contributed by atoms with van der Waals surface area (Å²) in [6.07, 6.45) is 3.73. The third kappa shape index (κ3) is 5.31. The van der Waals surface area contributed by atoms with E-state index < -0.39 is 17.9 Å². The number of amidine groups is 1. The smallest absolute Gasteiger partial charge is 0.359 e. The molecule has 138 valence electrons. The Morgan fingerprint density at radius 1 is 1.31 bits per heavy atom. The summed E-state index contributed by atoms with van der Waals surface area (Å²) < 4.78 is 7.39. The van der Waals surface area contributed by atoms with E-state index in [4.69, 9.17) is 21.0 Å². The SMILES string of the molecule is CCC(C(=O)O/N=C(\N)c1ccc(OCC(N)=O)cc1)n1cc(Br)cn1. The molecule has 0 aliphatic rings. The van der Waals surface area contributed by atoms with Crippen LogP contribution in [0.5, 0.6) is 5.75 Å². The van der Waals surface area contributed by atoms with Crippen molar-refractivity contribution in [2.75, 3.05) is 6.61 Å². The third-order valence-electron chi connectivity index (χ3n) is 3.31. The fourth-order valence-electron chi connectivity index (χ4n) is 2.03. The maximum atomic E-state index is 12.2. The monoisotopic (exact) mass is 423 g/mol. The second-order valence-corrected chi connectivity index (χ2v) is 6.14. The van der Waals surface area contributed by atoms with E-state index in [2.05, 4.69) is 26.2 Å². The standard InChI is InChI=1S/C16H18BrN5O4/c1-2-13(22-8-11(17)7-20-22)16(24)26-21-15(19)10-3-5-12(6-4-10)25-9-14(18)23/h3-8,13H,2,9H2,1H3,(H2,18,23)(H2,19,21). The van der Waals surface area contributed by atoms with E-state index in [9.17, 15) is 9.59 Å². The van der Waals surface area contributed by atoms with Gasteiger partial charge in [0.05, 0.1) is 10.7 Å². The molecule has 1 amide bonds. The number of oxime groups is 1. The van der Waals surface area contributed by atoms with Crippen molar-refractivity contribution < 1.29 is 19.2 Å². The van der Waals surface area contributed by atoms with Crippen LogP contribution >= 0.6 is 15.9 Å². The lowest BCUT2D eigenvalue weighted by atomic mass is 10.2. The number of halogens is 1. The summed E-state index contributed by atoms with van der Waals surface area (Å²) in [6.45, 7) is 1.61. The van der Waals surface area contributed by atoms with Crippen molar-refractivity contribution in [3.63, 3.8) is 0 Å². The maximum absolute atomic E-state index is 12.2. The molecule has 1 aromatic carbocycles. The zero-order valence-corrected chi connectivity index (χ0v) is 15.5. The molecule has 0 radical (unpaired) electrons. The maximum Gasteiger partial charge on any atom is 0.359 e. The summed E-state index contributed by atoms with van der Waals surface area (Å²) in [5.41, 5.74) is 11.4. The number of amides is 1. The Bertz CT molecular complexity index is 803. The molecule has 1 aromatic heterocycles. The van der Waals surface area contributed by atoms with Crippen LogP contribution in [0.1, 0.15) is 24.9 Å². The summed E-state index contributed by atoms with van der Waals surface area (Å²) in [4.78, 5) is 27.8. The number of carbonyl (C=O) groups excluding carboxylic acids is 2. The summed E-state index contributed by atoms with van der Waals surface area (Å²) in [6, 6.07) is 5.81. The molecule has 0 saturated carbocycles. The van der Waals surface area contributed by atoms with Gasteiger partial charge in [-0.05, 0) is 46.6 Å². The Kier molecular flexibility index (Phi) is 6.73. The van der Waals surface area contributed by atoms with E-state index in [-0.39, 0.29) is 12.4 Å². The fraction of sp³-hybridized carbons (Fsp3) is 0.250. The third-order valence-corrected chi connectivity index (χ3v) is 3.72. The fourth-order valence-corrected chi connectivity index (χ4v) is 2.33. The van der Waals surface area contributed by atoms with Crippen LogP contribution in [-0.4, -0.2) is 34.1 Å². The molecule has 4 N–H and O–H groups in total. The topological polar surface area (TPSA) is 135 Å². The summed E-state index contributed by atoms with van der Waals surface area (Å²) in [5, 5.41) is 7.75. The molecule has 2 aromatic rings. The Labute approximate surface area is 158 Å². The van der Waals surface area contributed by atoms with Crippen molar-refractivity contribution in [3.8, 4) is 5.75 Å². The number of primary amides is 1. The number of hydrogen-bond donors (Lipinski definition) is 2. The Balaban J connectivity index is 2.00. The van der Waals surface area contributed by atoms with E-state index in [1.165, 1.54) is 4.68 Å². The van der Waals surface area contributed by atoms with Crippen molar-refractivity contribution in [2.45, 2.75) is 19.4 Å². The van der Waals surface area contributed by atoms with E-state index in [0.717, 1.165) is 4.47 Å². The van der Waals surface area contributed by atoms with Crippen LogP contribution in [0.3, 0.4) is 0 Å². The summed E-state index contributed by atoms with van der Waals surface area (Å²) >= 11 is 3.28. The second-order valence-electron chi connectivity index (χ2n) is 5.23. The molecule has 0 aliphatic carbocycles. The lowest BCUT2D eigenvalue weighted by molar-refractivity contribution is -0.148. The number of hydrogen-bond acceptors (Lipinski definition) is 6. The number of nitrogens with zero attached hydrogens (tertiary/aromatic N) is 3. The van der Waals surface area contributed by atoms with Gasteiger partial charge in [0.2, 0.25) is 0 Å². The normalized spacial score (nSPS) is 12.5. The Hall–Kier alpha value is -2.88. The van der Waals surface area contributed by atoms with Crippen molar-refractivity contribution in [1.29, 1.82) is 0 Å². The number of ether oxygens (including phenoxy) is 1. The van der Waals surface area contributed by atoms with Crippen LogP contribution in [0.25, 0.3) is 0 Å². The van der Waals surface area contributed by atoms with E-state index >= 15 is 0 Å². The van der Waals surface area contributed by atoms with Gasteiger partial charge >= 0.3 is 5.97 Å². The van der Waals surface area contributed by atoms with Crippen LogP contribution in [0.2, 0.25) is 0 Å². The molecule has 1 unspecified atom stereocenters. The molecular formula is C16H18BrN5O4. The number of carbonyl (C=O) groups is 2. The van der Waals surface area contributed by atoms with Gasteiger partial charge in [-0.25, -0.2) is 4.79 Å². The van der Waals surface area contributed by atoms with Crippen LogP contribution in [-0.2, 0) is 14.4 Å². The van der Waals surface area contributed by atoms with Gasteiger partial charge in [0.25, 0.3) is 5.91 Å². The number of rotatable bonds is 8. The molecule has 2 rings (SSSR count). The lowest BCUT2D eigenvalue weighted by Gasteiger charge is -2.12. The quantitative estimate of drug-likeness (QED) is 0.284. The van der Waals surface area contributed by atoms with Crippen molar-refractivity contribution in [2.24, 2.45) is 16.6 Å². The largest absolute Gasteiger partial charge is 0.484 e. The van der Waals surface area contributed by atoms with Gasteiger partial charge in [0, 0.05) is 11.8 Å². The first-order valence-electron chi connectivity index (χ1n) is 7.66. The minimum atomic E-state index is -0.609. The first kappa shape index (κ1) is 19.4. The van der Waals surface area contributed by atoms with E-state index in [1.807, 2.05) is 6.92 Å². The molecule has 9 nitrogen and oxygen atoms in total. The molecule has 1 atom stereocenters. The zero-order chi connectivity index (χ0) is 19.1. The number of aromatic nitrogens is 2. The highest BCUT2D eigenvalue weighted by molar-refractivity contribution is 9.10. The molecular weight excluding hydrogens is 406 g/mol. The highest BCUT2D eigenvalue weighted by Gasteiger charge is 2.21. The lowest BCUT2D eigenvalue weighted by Crippen LogP contribution is -2.22. The molecule has 0 bridgehead atoms. The van der Waals surface area contributed by atoms with Crippen LogP contribution < -0.4 is 16.2 Å². The van der Waals surface area contributed by atoms with Gasteiger partial charge in [0.15, 0.2) is 18.5 Å². The van der Waals surface area contributed by atoms with Gasteiger partial charge in [-0.1, -0.05) is 12.1 Å². The van der Waals surface area contributed by atoms with E-state index in [1.54, 1.807) is 36.7 Å². The zero-order valence-electron chi connectivity index (χ0n) is 14.0. The van der Waals surface area contributed by atoms with Crippen molar-refractivity contribution in [3.05, 3.63) is 46.7 Å². The molecule has 0 saturated heterocycles. The van der Waals surface area contributed by atoms with Crippen molar-refractivity contribution in [1.82, 2.24) is 9.78 Å². The van der Waals surface area contributed by atoms with Crippen LogP contribution in [0, 0.1) is 0 Å². The number of nitrogens with two attached hydrogens (primary N) is 2. The summed E-state index contributed by atoms with van der Waals surface area (Å²) in [7, 11) is 0. The average Bonchev–Trinajstić information content (AvgIpc) is 3.05. The summed E-state index contributed by atoms with van der Waals surface area (Å²) in [5.74, 6) is -0.673. The number of benzene rings is 1. The highest BCUT2D eigenvalue weighted by atomic mass is 79.9. The Morgan fingerprint density at radius 2 is 2.00 bits per heavy atom. The highest BCUT2D eigenvalue weighted by Crippen LogP contribution is 2.17. The minimum Gasteiger partial charge on any atom is -0.484 e. The first-order chi connectivity index (χ1) is 12.4. The van der Waals surface area contributed by atoms with Crippen molar-refractivity contribution >= 4 is 33.6 Å². The van der Waals surface area contributed by atoms with Gasteiger partial charge in [-0.3, -0.25) is 9.48 Å². The van der Waals surface area contributed by atoms with Gasteiger partial charge in [-0.2, -0.15) is 5.10 Å². The first-order valence-corrected chi connectivity index (χ1v) is 8.45.